The van der Waals surface area contributed by atoms with Crippen molar-refractivity contribution in [2.24, 2.45) is 0 Å². The summed E-state index contributed by atoms with van der Waals surface area (Å²) in [6, 6.07) is 1.29. The molecule has 0 bridgehead atoms. The molecule has 1 unspecified atom stereocenters. The number of esters is 1. The van der Waals surface area contributed by atoms with Crippen LogP contribution >= 0.6 is 0 Å². The molecule has 0 aromatic carbocycles. The monoisotopic (exact) mass is 202 g/mol. The van der Waals surface area contributed by atoms with Gasteiger partial charge < -0.3 is 9.16 Å². The Hall–Kier alpha value is -0.396. The summed E-state index contributed by atoms with van der Waals surface area (Å²) in [6.45, 7) is 4.28. The molecule has 0 radical (unpaired) electrons. The Kier molecular flexibility index (Phi) is 4.27. The molecule has 0 amide bonds. The van der Waals surface area contributed by atoms with Crippen molar-refractivity contribution in [3.8, 4) is 0 Å². The standard InChI is InChI=1S/C7H14O3Si2/c1-2-7(8)9-6-12-5-3-4-10-11-12/h2,12H,1,3-6,11H2. The highest BCUT2D eigenvalue weighted by atomic mass is 29.2. The first-order chi connectivity index (χ1) is 5.83. The quantitative estimate of drug-likeness (QED) is 0.351. The zero-order valence-electron chi connectivity index (χ0n) is 7.12. The van der Waals surface area contributed by atoms with Crippen LogP contribution in [0.2, 0.25) is 6.04 Å². The first-order valence-electron chi connectivity index (χ1n) is 4.20. The number of hydrogen-bond donors (Lipinski definition) is 0. The molecule has 1 aliphatic heterocycles. The second-order valence-electron chi connectivity index (χ2n) is 2.92. The van der Waals surface area contributed by atoms with E-state index in [9.17, 15) is 4.79 Å². The Morgan fingerprint density at radius 3 is 3.25 bits per heavy atom. The molecule has 0 aromatic rings. The maximum atomic E-state index is 10.7. The minimum atomic E-state index is -0.770. The first kappa shape index (κ1) is 9.69. The summed E-state index contributed by atoms with van der Waals surface area (Å²) in [6.07, 6.45) is 3.05. The molecule has 1 saturated heterocycles. The van der Waals surface area contributed by atoms with Crippen molar-refractivity contribution >= 4 is 23.6 Å². The van der Waals surface area contributed by atoms with E-state index in [1.807, 2.05) is 0 Å². The Bertz CT molecular complexity index is 166. The molecule has 5 heteroatoms. The fraction of sp³-hybridized carbons (Fsp3) is 0.571. The molecule has 0 aromatic heterocycles. The van der Waals surface area contributed by atoms with Crippen molar-refractivity contribution in [1.82, 2.24) is 0 Å². The van der Waals surface area contributed by atoms with Crippen LogP contribution in [0.25, 0.3) is 0 Å². The predicted octanol–water partition coefficient (Wildman–Crippen LogP) is -0.517. The Morgan fingerprint density at radius 1 is 1.83 bits per heavy atom. The molecule has 1 heterocycles. The molecule has 0 spiro atoms. The van der Waals surface area contributed by atoms with Gasteiger partial charge in [0, 0.05) is 12.7 Å². The number of rotatable bonds is 3. The van der Waals surface area contributed by atoms with E-state index in [0.717, 1.165) is 13.0 Å². The fourth-order valence-corrected chi connectivity index (χ4v) is 6.98. The lowest BCUT2D eigenvalue weighted by atomic mass is 10.5. The SMILES string of the molecule is C=CC(=O)OC[SiH]1CCCO[SiH2]1. The highest BCUT2D eigenvalue weighted by Gasteiger charge is 2.17. The molecule has 1 rings (SSSR count). The van der Waals surface area contributed by atoms with E-state index < -0.39 is 8.31 Å². The molecule has 0 aliphatic carbocycles. The smallest absolute Gasteiger partial charge is 0.329 e. The first-order valence-corrected chi connectivity index (χ1v) is 9.67. The van der Waals surface area contributed by atoms with Gasteiger partial charge in [0.2, 0.25) is 0 Å². The summed E-state index contributed by atoms with van der Waals surface area (Å²) in [5.41, 5.74) is 0. The molecule has 1 aliphatic rings. The largest absolute Gasteiger partial charge is 0.467 e. The summed E-state index contributed by atoms with van der Waals surface area (Å²) < 4.78 is 10.4. The summed E-state index contributed by atoms with van der Waals surface area (Å²) in [4.78, 5) is 10.7. The minimum absolute atomic E-state index is 0.290. The lowest BCUT2D eigenvalue weighted by molar-refractivity contribution is -0.135. The number of carbonyl (C=O) groups is 1. The van der Waals surface area contributed by atoms with Crippen LogP contribution < -0.4 is 0 Å². The third kappa shape index (κ3) is 3.33. The summed E-state index contributed by atoms with van der Waals surface area (Å²) >= 11 is 0. The third-order valence-corrected chi connectivity index (χ3v) is 8.79. The van der Waals surface area contributed by atoms with Gasteiger partial charge in [-0.15, -0.1) is 0 Å². The van der Waals surface area contributed by atoms with Gasteiger partial charge in [0.15, 0.2) is 9.28 Å². The second kappa shape index (κ2) is 5.28. The van der Waals surface area contributed by atoms with Gasteiger partial charge >= 0.3 is 5.97 Å². The van der Waals surface area contributed by atoms with Crippen molar-refractivity contribution in [1.29, 1.82) is 0 Å². The fourth-order valence-electron chi connectivity index (χ4n) is 1.20. The van der Waals surface area contributed by atoms with Gasteiger partial charge in [-0.05, 0) is 6.42 Å². The lowest BCUT2D eigenvalue weighted by Gasteiger charge is -2.19. The highest BCUT2D eigenvalue weighted by molar-refractivity contribution is 7.10. The number of ether oxygens (including phenoxy) is 1. The van der Waals surface area contributed by atoms with E-state index in [0.29, 0.717) is 6.23 Å². The van der Waals surface area contributed by atoms with E-state index in [-0.39, 0.29) is 15.2 Å². The van der Waals surface area contributed by atoms with Crippen molar-refractivity contribution in [3.63, 3.8) is 0 Å². The van der Waals surface area contributed by atoms with Crippen LogP contribution in [-0.4, -0.2) is 36.4 Å². The molecule has 12 heavy (non-hydrogen) atoms. The van der Waals surface area contributed by atoms with Crippen LogP contribution in [0.3, 0.4) is 0 Å². The van der Waals surface area contributed by atoms with E-state index in [1.54, 1.807) is 0 Å². The molecule has 1 fully saturated rings. The topological polar surface area (TPSA) is 35.5 Å². The Balaban J connectivity index is 2.12. The molecule has 68 valence electrons. The molecular weight excluding hydrogens is 188 g/mol. The van der Waals surface area contributed by atoms with E-state index in [2.05, 4.69) is 6.58 Å². The zero-order chi connectivity index (χ0) is 8.81. The van der Waals surface area contributed by atoms with Crippen molar-refractivity contribution in [2.75, 3.05) is 12.8 Å². The average Bonchev–Trinajstić information content (AvgIpc) is 2.16. The molecular formula is C7H14O3Si2. The van der Waals surface area contributed by atoms with Gasteiger partial charge in [-0.2, -0.15) is 0 Å². The second-order valence-corrected chi connectivity index (χ2v) is 10.8. The maximum Gasteiger partial charge on any atom is 0.329 e. The normalized spacial score (nSPS) is 25.2. The minimum Gasteiger partial charge on any atom is -0.467 e. The Morgan fingerprint density at radius 2 is 2.67 bits per heavy atom. The number of carbonyl (C=O) groups excluding carboxylic acids is 1. The third-order valence-electron chi connectivity index (χ3n) is 1.88. The van der Waals surface area contributed by atoms with E-state index >= 15 is 0 Å². The van der Waals surface area contributed by atoms with Crippen LogP contribution in [-0.2, 0) is 14.0 Å². The zero-order valence-corrected chi connectivity index (χ0v) is 9.69. The Labute approximate surface area is 76.1 Å². The van der Waals surface area contributed by atoms with E-state index in [1.165, 1.54) is 12.1 Å². The molecule has 0 saturated carbocycles. The summed E-state index contributed by atoms with van der Waals surface area (Å²) in [7, 11) is -1.07. The summed E-state index contributed by atoms with van der Waals surface area (Å²) in [5, 5.41) is 0. The van der Waals surface area contributed by atoms with Crippen LogP contribution in [0.4, 0.5) is 0 Å². The maximum absolute atomic E-state index is 10.7. The van der Waals surface area contributed by atoms with Crippen LogP contribution in [0.5, 0.6) is 0 Å². The van der Waals surface area contributed by atoms with Gasteiger partial charge in [0.05, 0.1) is 6.23 Å². The van der Waals surface area contributed by atoms with Crippen LogP contribution in [0.15, 0.2) is 12.7 Å². The number of hydrogen-bond acceptors (Lipinski definition) is 3. The predicted molar refractivity (Wildman–Crippen MR) is 52.2 cm³/mol. The van der Waals surface area contributed by atoms with Crippen molar-refractivity contribution < 1.29 is 14.0 Å². The highest BCUT2D eigenvalue weighted by Crippen LogP contribution is 2.04. The molecule has 1 atom stereocenters. The van der Waals surface area contributed by atoms with Gasteiger partial charge in [-0.3, -0.25) is 0 Å². The van der Waals surface area contributed by atoms with E-state index in [4.69, 9.17) is 9.16 Å². The molecule has 0 N–H and O–H groups in total. The molecule has 3 nitrogen and oxygen atoms in total. The van der Waals surface area contributed by atoms with Crippen molar-refractivity contribution in [2.45, 2.75) is 12.5 Å². The van der Waals surface area contributed by atoms with Gasteiger partial charge in [-0.1, -0.05) is 12.6 Å². The van der Waals surface area contributed by atoms with Gasteiger partial charge in [0.25, 0.3) is 0 Å². The lowest BCUT2D eigenvalue weighted by Crippen LogP contribution is -2.35. The van der Waals surface area contributed by atoms with Crippen molar-refractivity contribution in [3.05, 3.63) is 12.7 Å². The average molecular weight is 202 g/mol. The van der Waals surface area contributed by atoms with Crippen LogP contribution in [0, 0.1) is 0 Å². The van der Waals surface area contributed by atoms with Crippen LogP contribution in [0.1, 0.15) is 6.42 Å². The summed E-state index contributed by atoms with van der Waals surface area (Å²) in [5.74, 6) is -0.290. The van der Waals surface area contributed by atoms with Gasteiger partial charge in [0.1, 0.15) is 8.31 Å². The van der Waals surface area contributed by atoms with Gasteiger partial charge in [-0.25, -0.2) is 4.79 Å².